The van der Waals surface area contributed by atoms with E-state index in [2.05, 4.69) is 25.1 Å². The molecule has 0 aliphatic rings. The minimum absolute atomic E-state index is 0.0767. The summed E-state index contributed by atoms with van der Waals surface area (Å²) < 4.78 is 13.5. The van der Waals surface area contributed by atoms with Crippen molar-refractivity contribution in [1.82, 2.24) is 4.90 Å². The highest BCUT2D eigenvalue weighted by molar-refractivity contribution is 7.98. The van der Waals surface area contributed by atoms with Crippen molar-refractivity contribution in [1.29, 1.82) is 0 Å². The summed E-state index contributed by atoms with van der Waals surface area (Å²) in [5.74, 6) is 0.878. The van der Waals surface area contributed by atoms with Crippen LogP contribution >= 0.6 is 11.8 Å². The SMILES string of the molecule is CCC(CSC)N(C)C(CN)c1cc(F)ccc1C. The molecule has 19 heavy (non-hydrogen) atoms. The van der Waals surface area contributed by atoms with Gasteiger partial charge >= 0.3 is 0 Å². The second kappa shape index (κ2) is 7.88. The smallest absolute Gasteiger partial charge is 0.123 e. The lowest BCUT2D eigenvalue weighted by atomic mass is 9.98. The number of halogens is 1. The first-order valence-corrected chi connectivity index (χ1v) is 8.11. The van der Waals surface area contributed by atoms with Gasteiger partial charge in [-0.25, -0.2) is 4.39 Å². The predicted molar refractivity (Wildman–Crippen MR) is 83.2 cm³/mol. The van der Waals surface area contributed by atoms with E-state index >= 15 is 0 Å². The van der Waals surface area contributed by atoms with Crippen molar-refractivity contribution in [3.8, 4) is 0 Å². The molecule has 0 fully saturated rings. The lowest BCUT2D eigenvalue weighted by molar-refractivity contribution is 0.187. The van der Waals surface area contributed by atoms with E-state index in [9.17, 15) is 4.39 Å². The number of rotatable bonds is 7. The standard InChI is InChI=1S/C15H25FN2S/c1-5-13(10-19-4)18(3)15(9-17)14-8-12(16)7-6-11(14)2/h6-8,13,15H,5,9-10,17H2,1-4H3. The van der Waals surface area contributed by atoms with Crippen molar-refractivity contribution in [2.24, 2.45) is 5.73 Å². The molecule has 108 valence electrons. The van der Waals surface area contributed by atoms with Crippen LogP contribution in [-0.4, -0.2) is 36.5 Å². The van der Waals surface area contributed by atoms with Gasteiger partial charge in [-0.2, -0.15) is 11.8 Å². The summed E-state index contributed by atoms with van der Waals surface area (Å²) in [5, 5.41) is 0. The third-order valence-corrected chi connectivity index (χ3v) is 4.44. The molecule has 0 aliphatic carbocycles. The molecule has 1 aromatic carbocycles. The van der Waals surface area contributed by atoms with Gasteiger partial charge in [0, 0.05) is 24.4 Å². The highest BCUT2D eigenvalue weighted by Crippen LogP contribution is 2.26. The molecule has 0 saturated carbocycles. The molecule has 2 nitrogen and oxygen atoms in total. The summed E-state index contributed by atoms with van der Waals surface area (Å²) in [4.78, 5) is 2.29. The summed E-state index contributed by atoms with van der Waals surface area (Å²) in [6.07, 6.45) is 3.18. The van der Waals surface area contributed by atoms with Gasteiger partial charge in [-0.1, -0.05) is 13.0 Å². The molecule has 0 radical (unpaired) electrons. The van der Waals surface area contributed by atoms with Crippen LogP contribution in [-0.2, 0) is 0 Å². The van der Waals surface area contributed by atoms with Crippen LogP contribution in [0.2, 0.25) is 0 Å². The zero-order valence-corrected chi connectivity index (χ0v) is 13.1. The maximum atomic E-state index is 13.5. The van der Waals surface area contributed by atoms with Crippen molar-refractivity contribution in [2.75, 3.05) is 25.6 Å². The maximum Gasteiger partial charge on any atom is 0.123 e. The minimum atomic E-state index is -0.189. The van der Waals surface area contributed by atoms with Gasteiger partial charge in [0.25, 0.3) is 0 Å². The topological polar surface area (TPSA) is 29.3 Å². The molecule has 1 aromatic rings. The van der Waals surface area contributed by atoms with Crippen LogP contribution in [0.5, 0.6) is 0 Å². The monoisotopic (exact) mass is 284 g/mol. The van der Waals surface area contributed by atoms with E-state index in [0.717, 1.165) is 23.3 Å². The van der Waals surface area contributed by atoms with Crippen LogP contribution in [0.1, 0.15) is 30.5 Å². The van der Waals surface area contributed by atoms with E-state index < -0.39 is 0 Å². The van der Waals surface area contributed by atoms with Crippen LogP contribution < -0.4 is 5.73 Å². The summed E-state index contributed by atoms with van der Waals surface area (Å²) in [6, 6.07) is 5.50. The Labute approximate surface area is 120 Å². The number of hydrogen-bond acceptors (Lipinski definition) is 3. The molecular weight excluding hydrogens is 259 g/mol. The van der Waals surface area contributed by atoms with Gasteiger partial charge in [0.1, 0.15) is 5.82 Å². The lowest BCUT2D eigenvalue weighted by Gasteiger charge is -2.35. The summed E-state index contributed by atoms with van der Waals surface area (Å²) in [5.41, 5.74) is 8.05. The van der Waals surface area contributed by atoms with E-state index in [1.807, 2.05) is 24.8 Å². The number of aryl methyl sites for hydroxylation is 1. The minimum Gasteiger partial charge on any atom is -0.329 e. The Hall–Kier alpha value is -0.580. The largest absolute Gasteiger partial charge is 0.329 e. The van der Waals surface area contributed by atoms with Crippen LogP contribution in [0, 0.1) is 12.7 Å². The highest BCUT2D eigenvalue weighted by atomic mass is 32.2. The average Bonchev–Trinajstić information content (AvgIpc) is 2.40. The van der Waals surface area contributed by atoms with Crippen molar-refractivity contribution in [2.45, 2.75) is 32.4 Å². The summed E-state index contributed by atoms with van der Waals surface area (Å²) in [7, 11) is 2.09. The molecule has 0 heterocycles. The molecule has 4 heteroatoms. The number of likely N-dealkylation sites (N-methyl/N-ethyl adjacent to an activating group) is 1. The quantitative estimate of drug-likeness (QED) is 0.833. The van der Waals surface area contributed by atoms with Gasteiger partial charge in [0.15, 0.2) is 0 Å². The van der Waals surface area contributed by atoms with Gasteiger partial charge in [-0.3, -0.25) is 4.90 Å². The third-order valence-electron chi connectivity index (χ3n) is 3.72. The summed E-state index contributed by atoms with van der Waals surface area (Å²) in [6.45, 7) is 4.70. The van der Waals surface area contributed by atoms with Crippen molar-refractivity contribution in [3.05, 3.63) is 35.1 Å². The fourth-order valence-electron chi connectivity index (χ4n) is 2.45. The van der Waals surface area contributed by atoms with Gasteiger partial charge < -0.3 is 5.73 Å². The first-order chi connectivity index (χ1) is 9.04. The fraction of sp³-hybridized carbons (Fsp3) is 0.600. The average molecular weight is 284 g/mol. The fourth-order valence-corrected chi connectivity index (χ4v) is 3.31. The van der Waals surface area contributed by atoms with E-state index in [1.165, 1.54) is 6.07 Å². The van der Waals surface area contributed by atoms with E-state index in [-0.39, 0.29) is 11.9 Å². The van der Waals surface area contributed by atoms with Crippen molar-refractivity contribution >= 4 is 11.8 Å². The second-order valence-electron chi connectivity index (χ2n) is 4.94. The molecule has 0 saturated heterocycles. The summed E-state index contributed by atoms with van der Waals surface area (Å²) >= 11 is 1.84. The molecule has 0 amide bonds. The molecule has 2 atom stereocenters. The number of nitrogens with two attached hydrogens (primary N) is 1. The van der Waals surface area contributed by atoms with Gasteiger partial charge in [-0.15, -0.1) is 0 Å². The van der Waals surface area contributed by atoms with Crippen LogP contribution in [0.3, 0.4) is 0 Å². The molecule has 0 spiro atoms. The number of hydrogen-bond donors (Lipinski definition) is 1. The van der Waals surface area contributed by atoms with Crippen molar-refractivity contribution in [3.63, 3.8) is 0 Å². The zero-order valence-electron chi connectivity index (χ0n) is 12.3. The zero-order chi connectivity index (χ0) is 14.4. The molecule has 0 aliphatic heterocycles. The number of benzene rings is 1. The molecule has 2 unspecified atom stereocenters. The van der Waals surface area contributed by atoms with Gasteiger partial charge in [0.05, 0.1) is 0 Å². The Bertz CT molecular complexity index is 398. The van der Waals surface area contributed by atoms with E-state index in [4.69, 9.17) is 5.73 Å². The van der Waals surface area contributed by atoms with E-state index in [0.29, 0.717) is 12.6 Å². The van der Waals surface area contributed by atoms with Gasteiger partial charge in [-0.05, 0) is 49.9 Å². The van der Waals surface area contributed by atoms with Crippen LogP contribution in [0.25, 0.3) is 0 Å². The number of thioether (sulfide) groups is 1. The molecule has 0 aromatic heterocycles. The maximum absolute atomic E-state index is 13.5. The molecular formula is C15H25FN2S. The first-order valence-electron chi connectivity index (χ1n) is 6.72. The van der Waals surface area contributed by atoms with Crippen LogP contribution in [0.4, 0.5) is 4.39 Å². The Morgan fingerprint density at radius 2 is 2.11 bits per heavy atom. The third kappa shape index (κ3) is 4.20. The lowest BCUT2D eigenvalue weighted by Crippen LogP contribution is -2.40. The second-order valence-corrected chi connectivity index (χ2v) is 5.85. The normalized spacial score (nSPS) is 14.7. The van der Waals surface area contributed by atoms with Gasteiger partial charge in [0.2, 0.25) is 0 Å². The molecule has 1 rings (SSSR count). The predicted octanol–water partition coefficient (Wildman–Crippen LogP) is 3.21. The number of nitrogens with zero attached hydrogens (tertiary/aromatic N) is 1. The van der Waals surface area contributed by atoms with Crippen molar-refractivity contribution < 1.29 is 4.39 Å². The highest BCUT2D eigenvalue weighted by Gasteiger charge is 2.23. The Morgan fingerprint density at radius 3 is 2.63 bits per heavy atom. The molecule has 0 bridgehead atoms. The molecule has 2 N–H and O–H groups in total. The Balaban J connectivity index is 3.01. The Morgan fingerprint density at radius 1 is 1.42 bits per heavy atom. The van der Waals surface area contributed by atoms with Crippen LogP contribution in [0.15, 0.2) is 18.2 Å². The Kier molecular flexibility index (Phi) is 6.83. The first kappa shape index (κ1) is 16.5. The van der Waals surface area contributed by atoms with E-state index in [1.54, 1.807) is 6.07 Å².